The van der Waals surface area contributed by atoms with Gasteiger partial charge in [0.15, 0.2) is 11.6 Å². The molecule has 7 nitrogen and oxygen atoms in total. The third-order valence-electron chi connectivity index (χ3n) is 4.44. The van der Waals surface area contributed by atoms with E-state index in [0.717, 1.165) is 25.0 Å². The molecule has 0 saturated carbocycles. The fourth-order valence-corrected chi connectivity index (χ4v) is 2.89. The standard InChI is InChI=1S/C21H21F2N3O4/c1-29-20(28)14-4-2-5-15(10-14)25-21(24-12-16-6-3-9-30-16)26-19(27)13-7-8-17(22)18(23)11-13/h2,4-5,7-8,10-11,16H,3,6,9,12H2,1H3,(H2,24,25,26,27)/t16-/m0/s1. The lowest BCUT2D eigenvalue weighted by Gasteiger charge is -2.14. The smallest absolute Gasteiger partial charge is 0.337 e. The molecule has 0 unspecified atom stereocenters. The average molecular weight is 417 g/mol. The maximum absolute atomic E-state index is 13.5. The predicted molar refractivity (Wildman–Crippen MR) is 107 cm³/mol. The largest absolute Gasteiger partial charge is 0.465 e. The fraction of sp³-hybridized carbons (Fsp3) is 0.286. The number of ether oxygens (including phenoxy) is 2. The van der Waals surface area contributed by atoms with Gasteiger partial charge in [0, 0.05) is 17.9 Å². The first-order valence-electron chi connectivity index (χ1n) is 9.34. The van der Waals surface area contributed by atoms with Crippen LogP contribution in [0.15, 0.2) is 47.5 Å². The third-order valence-corrected chi connectivity index (χ3v) is 4.44. The molecule has 1 aliphatic heterocycles. The quantitative estimate of drug-likeness (QED) is 0.443. The summed E-state index contributed by atoms with van der Waals surface area (Å²) in [7, 11) is 1.28. The van der Waals surface area contributed by atoms with Crippen molar-refractivity contribution >= 4 is 23.5 Å². The number of hydrogen-bond donors (Lipinski definition) is 2. The molecule has 1 heterocycles. The Morgan fingerprint density at radius 1 is 1.17 bits per heavy atom. The molecule has 0 bridgehead atoms. The normalized spacial score (nSPS) is 16.2. The van der Waals surface area contributed by atoms with Gasteiger partial charge < -0.3 is 14.8 Å². The summed E-state index contributed by atoms with van der Waals surface area (Å²) in [6.45, 7) is 0.961. The number of rotatable bonds is 5. The van der Waals surface area contributed by atoms with E-state index in [2.05, 4.69) is 15.6 Å². The molecule has 1 aliphatic rings. The number of methoxy groups -OCH3 is 1. The number of carbonyl (C=O) groups is 2. The molecular weight excluding hydrogens is 396 g/mol. The molecule has 0 aliphatic carbocycles. The number of benzene rings is 2. The number of aliphatic imine (C=N–C) groups is 1. The van der Waals surface area contributed by atoms with Gasteiger partial charge in [0.25, 0.3) is 5.91 Å². The van der Waals surface area contributed by atoms with E-state index in [9.17, 15) is 18.4 Å². The van der Waals surface area contributed by atoms with Crippen molar-refractivity contribution < 1.29 is 27.8 Å². The summed E-state index contributed by atoms with van der Waals surface area (Å²) in [5.74, 6) is -3.27. The Labute approximate surface area is 172 Å². The molecule has 0 aromatic heterocycles. The van der Waals surface area contributed by atoms with Crippen LogP contribution >= 0.6 is 0 Å². The van der Waals surface area contributed by atoms with Gasteiger partial charge in [-0.3, -0.25) is 10.1 Å². The summed E-state index contributed by atoms with van der Waals surface area (Å²) in [5.41, 5.74) is 0.728. The molecule has 1 saturated heterocycles. The molecular formula is C21H21F2N3O4. The Bertz CT molecular complexity index is 959. The van der Waals surface area contributed by atoms with Gasteiger partial charge in [-0.25, -0.2) is 18.6 Å². The number of hydrogen-bond acceptors (Lipinski definition) is 5. The van der Waals surface area contributed by atoms with Crippen molar-refractivity contribution in [3.05, 3.63) is 65.2 Å². The minimum atomic E-state index is -1.13. The van der Waals surface area contributed by atoms with Crippen LogP contribution in [0.25, 0.3) is 0 Å². The number of amides is 1. The summed E-state index contributed by atoms with van der Waals surface area (Å²) in [6.07, 6.45) is 1.72. The first-order valence-corrected chi connectivity index (χ1v) is 9.34. The summed E-state index contributed by atoms with van der Waals surface area (Å²) in [6, 6.07) is 9.29. The van der Waals surface area contributed by atoms with E-state index in [1.54, 1.807) is 18.2 Å². The van der Waals surface area contributed by atoms with Gasteiger partial charge in [-0.2, -0.15) is 0 Å². The minimum absolute atomic E-state index is 0.0659. The predicted octanol–water partition coefficient (Wildman–Crippen LogP) is 3.13. The molecule has 1 amide bonds. The van der Waals surface area contributed by atoms with Crippen LogP contribution in [0.5, 0.6) is 0 Å². The second-order valence-corrected chi connectivity index (χ2v) is 6.60. The van der Waals surface area contributed by atoms with E-state index >= 15 is 0 Å². The highest BCUT2D eigenvalue weighted by atomic mass is 19.2. The lowest BCUT2D eigenvalue weighted by molar-refractivity contribution is 0.0600. The molecule has 0 radical (unpaired) electrons. The number of nitrogens with zero attached hydrogens (tertiary/aromatic N) is 1. The molecule has 2 N–H and O–H groups in total. The Balaban J connectivity index is 1.79. The van der Waals surface area contributed by atoms with E-state index in [-0.39, 0.29) is 17.6 Å². The number of nitrogens with one attached hydrogen (secondary N) is 2. The van der Waals surface area contributed by atoms with Gasteiger partial charge in [-0.1, -0.05) is 6.07 Å². The number of carbonyl (C=O) groups excluding carboxylic acids is 2. The minimum Gasteiger partial charge on any atom is -0.465 e. The average Bonchev–Trinajstić information content (AvgIpc) is 3.27. The molecule has 158 valence electrons. The van der Waals surface area contributed by atoms with Crippen molar-refractivity contribution in [2.45, 2.75) is 18.9 Å². The Kier molecular flexibility index (Phi) is 7.08. The van der Waals surface area contributed by atoms with E-state index < -0.39 is 23.5 Å². The third kappa shape index (κ3) is 5.60. The summed E-state index contributed by atoms with van der Waals surface area (Å²) in [4.78, 5) is 28.6. The van der Waals surface area contributed by atoms with Crippen molar-refractivity contribution in [3.63, 3.8) is 0 Å². The van der Waals surface area contributed by atoms with Crippen molar-refractivity contribution in [2.75, 3.05) is 25.6 Å². The highest BCUT2D eigenvalue weighted by Gasteiger charge is 2.17. The summed E-state index contributed by atoms with van der Waals surface area (Å²) in [5, 5.41) is 5.49. The van der Waals surface area contributed by atoms with Gasteiger partial charge in [0.1, 0.15) is 0 Å². The summed E-state index contributed by atoms with van der Waals surface area (Å²) >= 11 is 0. The zero-order valence-electron chi connectivity index (χ0n) is 16.3. The number of halogens is 2. The molecule has 2 aromatic carbocycles. The van der Waals surface area contributed by atoms with Crippen LogP contribution in [-0.2, 0) is 9.47 Å². The highest BCUT2D eigenvalue weighted by Crippen LogP contribution is 2.14. The zero-order chi connectivity index (χ0) is 21.5. The Morgan fingerprint density at radius 3 is 2.70 bits per heavy atom. The first-order chi connectivity index (χ1) is 14.5. The second kappa shape index (κ2) is 9.93. The highest BCUT2D eigenvalue weighted by molar-refractivity contribution is 6.10. The van der Waals surface area contributed by atoms with Gasteiger partial charge in [-0.05, 0) is 49.2 Å². The van der Waals surface area contributed by atoms with Crippen LogP contribution in [0.1, 0.15) is 33.6 Å². The lowest BCUT2D eigenvalue weighted by atomic mass is 10.2. The van der Waals surface area contributed by atoms with Crippen LogP contribution in [0.2, 0.25) is 0 Å². The topological polar surface area (TPSA) is 89.0 Å². The molecule has 1 atom stereocenters. The van der Waals surface area contributed by atoms with Gasteiger partial charge in [-0.15, -0.1) is 0 Å². The van der Waals surface area contributed by atoms with Crippen LogP contribution in [0, 0.1) is 11.6 Å². The lowest BCUT2D eigenvalue weighted by Crippen LogP contribution is -2.37. The van der Waals surface area contributed by atoms with Crippen LogP contribution in [0.4, 0.5) is 14.5 Å². The molecule has 3 rings (SSSR count). The van der Waals surface area contributed by atoms with Crippen molar-refractivity contribution in [3.8, 4) is 0 Å². The second-order valence-electron chi connectivity index (χ2n) is 6.60. The van der Waals surface area contributed by atoms with E-state index in [0.29, 0.717) is 24.4 Å². The molecule has 9 heteroatoms. The van der Waals surface area contributed by atoms with E-state index in [1.165, 1.54) is 19.2 Å². The maximum Gasteiger partial charge on any atom is 0.337 e. The van der Waals surface area contributed by atoms with Crippen LogP contribution in [-0.4, -0.2) is 44.2 Å². The fourth-order valence-electron chi connectivity index (χ4n) is 2.89. The zero-order valence-corrected chi connectivity index (χ0v) is 16.3. The van der Waals surface area contributed by atoms with E-state index in [4.69, 9.17) is 9.47 Å². The Hall–Kier alpha value is -3.33. The van der Waals surface area contributed by atoms with E-state index in [1.807, 2.05) is 0 Å². The monoisotopic (exact) mass is 417 g/mol. The van der Waals surface area contributed by atoms with Crippen molar-refractivity contribution in [2.24, 2.45) is 4.99 Å². The SMILES string of the molecule is COC(=O)c1cccc(NC(=NC[C@@H]2CCCO2)NC(=O)c2ccc(F)c(F)c2)c1. The first kappa shape index (κ1) is 21.4. The summed E-state index contributed by atoms with van der Waals surface area (Å²) < 4.78 is 36.9. The van der Waals surface area contributed by atoms with Crippen molar-refractivity contribution in [1.82, 2.24) is 5.32 Å². The molecule has 30 heavy (non-hydrogen) atoms. The molecule has 0 spiro atoms. The number of guanidine groups is 1. The maximum atomic E-state index is 13.5. The van der Waals surface area contributed by atoms with Crippen molar-refractivity contribution in [1.29, 1.82) is 0 Å². The number of esters is 1. The Morgan fingerprint density at radius 2 is 2.00 bits per heavy atom. The van der Waals surface area contributed by atoms with Gasteiger partial charge in [0.05, 0.1) is 25.3 Å². The van der Waals surface area contributed by atoms with Crippen LogP contribution < -0.4 is 10.6 Å². The number of anilines is 1. The van der Waals surface area contributed by atoms with Gasteiger partial charge >= 0.3 is 5.97 Å². The van der Waals surface area contributed by atoms with Crippen LogP contribution in [0.3, 0.4) is 0 Å². The molecule has 2 aromatic rings. The van der Waals surface area contributed by atoms with Gasteiger partial charge in [0.2, 0.25) is 5.96 Å². The molecule has 1 fully saturated rings.